The summed E-state index contributed by atoms with van der Waals surface area (Å²) in [4.78, 5) is 21.6. The van der Waals surface area contributed by atoms with Crippen LogP contribution in [0.15, 0.2) is 36.0 Å². The topological polar surface area (TPSA) is 100 Å². The third-order valence-corrected chi connectivity index (χ3v) is 5.70. The van der Waals surface area contributed by atoms with E-state index >= 15 is 0 Å². The molecule has 4 N–H and O–H groups in total. The van der Waals surface area contributed by atoms with E-state index in [2.05, 4.69) is 38.2 Å². The molecular formula is C24H34N6O2S. The molecule has 0 saturated heterocycles. The Labute approximate surface area is 199 Å². The van der Waals surface area contributed by atoms with Crippen LogP contribution in [-0.2, 0) is 4.74 Å². The number of hydrogen-bond acceptors (Lipinski definition) is 8. The van der Waals surface area contributed by atoms with E-state index in [1.54, 1.807) is 17.5 Å². The van der Waals surface area contributed by atoms with Crippen LogP contribution >= 0.6 is 11.3 Å². The zero-order valence-corrected chi connectivity index (χ0v) is 20.8. The largest absolute Gasteiger partial charge is 0.382 e. The van der Waals surface area contributed by atoms with Gasteiger partial charge in [-0.3, -0.25) is 10.1 Å². The van der Waals surface area contributed by atoms with Crippen molar-refractivity contribution in [2.75, 3.05) is 23.9 Å². The number of ether oxygens (including phenoxy) is 1. The molecule has 9 heteroatoms. The molecule has 0 fully saturated rings. The normalized spacial score (nSPS) is 12.3. The average molecular weight is 471 g/mol. The second kappa shape index (κ2) is 11.9. The van der Waals surface area contributed by atoms with E-state index < -0.39 is 0 Å². The number of hydrogen-bond donors (Lipinski definition) is 4. The highest BCUT2D eigenvalue weighted by atomic mass is 32.1. The Kier molecular flexibility index (Phi) is 8.99. The number of thiazole rings is 1. The molecule has 0 saturated carbocycles. The van der Waals surface area contributed by atoms with Crippen molar-refractivity contribution < 1.29 is 9.53 Å². The van der Waals surface area contributed by atoms with Crippen molar-refractivity contribution >= 4 is 44.7 Å². The molecule has 8 nitrogen and oxygen atoms in total. The number of anilines is 3. The van der Waals surface area contributed by atoms with Crippen molar-refractivity contribution in [3.05, 3.63) is 41.5 Å². The number of fused-ring (bicyclic) bond motifs is 1. The van der Waals surface area contributed by atoms with Gasteiger partial charge in [-0.15, -0.1) is 11.3 Å². The maximum absolute atomic E-state index is 12.9. The molecule has 0 aliphatic heterocycles. The molecule has 3 aromatic rings. The molecule has 0 bridgehead atoms. The summed E-state index contributed by atoms with van der Waals surface area (Å²) in [5.74, 6) is 0.524. The van der Waals surface area contributed by atoms with E-state index in [9.17, 15) is 4.79 Å². The predicted octanol–water partition coefficient (Wildman–Crippen LogP) is 4.74. The number of pyridine rings is 1. The summed E-state index contributed by atoms with van der Waals surface area (Å²) in [6.45, 7) is 11.2. The van der Waals surface area contributed by atoms with E-state index in [4.69, 9.17) is 4.74 Å². The summed E-state index contributed by atoms with van der Waals surface area (Å²) < 4.78 is 6.62. The van der Waals surface area contributed by atoms with Gasteiger partial charge in [-0.1, -0.05) is 0 Å². The predicted molar refractivity (Wildman–Crippen MR) is 137 cm³/mol. The molecule has 1 aromatic carbocycles. The highest BCUT2D eigenvalue weighted by molar-refractivity contribution is 7.16. The lowest BCUT2D eigenvalue weighted by Crippen LogP contribution is -2.34. The smallest absolute Gasteiger partial charge is 0.254 e. The van der Waals surface area contributed by atoms with Crippen LogP contribution in [0.4, 0.5) is 17.2 Å². The van der Waals surface area contributed by atoms with Crippen molar-refractivity contribution in [1.29, 1.82) is 0 Å². The van der Waals surface area contributed by atoms with Crippen LogP contribution in [0.25, 0.3) is 10.2 Å². The molecule has 0 spiro atoms. The van der Waals surface area contributed by atoms with Gasteiger partial charge in [-0.25, -0.2) is 9.97 Å². The minimum atomic E-state index is -0.145. The van der Waals surface area contributed by atoms with Crippen LogP contribution in [0, 0.1) is 0 Å². The van der Waals surface area contributed by atoms with Crippen LogP contribution in [0.1, 0.15) is 51.4 Å². The van der Waals surface area contributed by atoms with E-state index in [0.29, 0.717) is 24.7 Å². The molecule has 2 aromatic heterocycles. The fourth-order valence-corrected chi connectivity index (χ4v) is 3.89. The van der Waals surface area contributed by atoms with Gasteiger partial charge in [0.2, 0.25) is 0 Å². The van der Waals surface area contributed by atoms with Crippen molar-refractivity contribution in [2.45, 2.75) is 59.2 Å². The highest BCUT2D eigenvalue weighted by Gasteiger charge is 2.15. The Balaban J connectivity index is 1.62. The number of nitrogens with one attached hydrogen (secondary N) is 4. The van der Waals surface area contributed by atoms with Gasteiger partial charge in [0.05, 0.1) is 39.8 Å². The summed E-state index contributed by atoms with van der Waals surface area (Å²) >= 11 is 1.60. The number of rotatable bonds is 12. The number of aromatic nitrogens is 2. The summed E-state index contributed by atoms with van der Waals surface area (Å²) in [5.41, 5.74) is 5.01. The lowest BCUT2D eigenvalue weighted by atomic mass is 10.1. The highest BCUT2D eigenvalue weighted by Crippen LogP contribution is 2.26. The second-order valence-electron chi connectivity index (χ2n) is 8.58. The number of carbonyl (C=O) groups is 1. The third kappa shape index (κ3) is 7.66. The van der Waals surface area contributed by atoms with Crippen LogP contribution in [0.3, 0.4) is 0 Å². The maximum Gasteiger partial charge on any atom is 0.254 e. The van der Waals surface area contributed by atoms with E-state index in [1.165, 1.54) is 0 Å². The maximum atomic E-state index is 12.9. The molecule has 1 unspecified atom stereocenters. The van der Waals surface area contributed by atoms with Gasteiger partial charge in [-0.05, 0) is 59.2 Å². The zero-order chi connectivity index (χ0) is 23.8. The quantitative estimate of drug-likeness (QED) is 0.284. The molecular weight excluding hydrogens is 436 g/mol. The summed E-state index contributed by atoms with van der Waals surface area (Å²) in [7, 11) is 0. The Morgan fingerprint density at radius 3 is 2.70 bits per heavy atom. The molecule has 1 amide bonds. The molecule has 1 atom stereocenters. The lowest BCUT2D eigenvalue weighted by molar-refractivity contribution is 0.0587. The van der Waals surface area contributed by atoms with Gasteiger partial charge in [0, 0.05) is 36.6 Å². The van der Waals surface area contributed by atoms with Gasteiger partial charge in [0.1, 0.15) is 5.82 Å². The minimum absolute atomic E-state index is 0.145. The number of benzene rings is 1. The SMILES string of the molecule is CC(C)Nc1cc(Nc2ccc3ncsc3c2)ncc1C(=O)NCCC(C)NCOC(C)C. The molecule has 178 valence electrons. The first-order valence-corrected chi connectivity index (χ1v) is 12.2. The van der Waals surface area contributed by atoms with Crippen molar-refractivity contribution in [1.82, 2.24) is 20.6 Å². The average Bonchev–Trinajstić information content (AvgIpc) is 3.21. The summed E-state index contributed by atoms with van der Waals surface area (Å²) in [5, 5.41) is 13.0. The van der Waals surface area contributed by atoms with Crippen molar-refractivity contribution in [3.8, 4) is 0 Å². The summed E-state index contributed by atoms with van der Waals surface area (Å²) in [6, 6.07) is 8.28. The Hall–Kier alpha value is -2.75. The van der Waals surface area contributed by atoms with E-state index in [1.807, 2.05) is 57.5 Å². The fraction of sp³-hybridized carbons (Fsp3) is 0.458. The standard InChI is InChI=1S/C24H34N6O2S/c1-15(2)29-21-11-23(30-18-6-7-20-22(10-18)33-14-28-20)26-12-19(21)24(31)25-9-8-17(5)27-13-32-16(3)4/h6-7,10-12,14-17,27H,8-9,13H2,1-5H3,(H,25,31)(H2,26,29,30). The monoisotopic (exact) mass is 470 g/mol. The second-order valence-corrected chi connectivity index (χ2v) is 9.47. The van der Waals surface area contributed by atoms with Gasteiger partial charge >= 0.3 is 0 Å². The van der Waals surface area contributed by atoms with Crippen LogP contribution < -0.4 is 21.3 Å². The van der Waals surface area contributed by atoms with Crippen LogP contribution in [-0.4, -0.2) is 47.3 Å². The minimum Gasteiger partial charge on any atom is -0.382 e. The zero-order valence-electron chi connectivity index (χ0n) is 19.9. The van der Waals surface area contributed by atoms with Gasteiger partial charge in [0.15, 0.2) is 0 Å². The van der Waals surface area contributed by atoms with E-state index in [-0.39, 0.29) is 24.1 Å². The van der Waals surface area contributed by atoms with Crippen LogP contribution in [0.2, 0.25) is 0 Å². The van der Waals surface area contributed by atoms with Crippen molar-refractivity contribution in [2.24, 2.45) is 0 Å². The summed E-state index contributed by atoms with van der Waals surface area (Å²) in [6.07, 6.45) is 2.61. The van der Waals surface area contributed by atoms with E-state index in [0.717, 1.165) is 28.0 Å². The molecule has 3 rings (SSSR count). The number of carbonyl (C=O) groups excluding carboxylic acids is 1. The van der Waals surface area contributed by atoms with Crippen LogP contribution in [0.5, 0.6) is 0 Å². The Morgan fingerprint density at radius 2 is 1.94 bits per heavy atom. The first-order valence-electron chi connectivity index (χ1n) is 11.3. The fourth-order valence-electron chi connectivity index (χ4n) is 3.17. The Morgan fingerprint density at radius 1 is 1.12 bits per heavy atom. The van der Waals surface area contributed by atoms with Gasteiger partial charge in [0.25, 0.3) is 5.91 Å². The molecule has 33 heavy (non-hydrogen) atoms. The van der Waals surface area contributed by atoms with Gasteiger partial charge in [-0.2, -0.15) is 0 Å². The Bertz CT molecular complexity index is 1050. The van der Waals surface area contributed by atoms with Crippen molar-refractivity contribution in [3.63, 3.8) is 0 Å². The first kappa shape index (κ1) is 24.9. The van der Waals surface area contributed by atoms with Gasteiger partial charge < -0.3 is 20.7 Å². The molecule has 2 heterocycles. The molecule has 0 aliphatic rings. The lowest BCUT2D eigenvalue weighted by Gasteiger charge is -2.18. The number of amides is 1. The first-order chi connectivity index (χ1) is 15.8. The number of nitrogens with zero attached hydrogens (tertiary/aromatic N) is 2. The molecule has 0 radical (unpaired) electrons. The molecule has 0 aliphatic carbocycles. The third-order valence-electron chi connectivity index (χ3n) is 4.91.